The lowest BCUT2D eigenvalue weighted by Crippen LogP contribution is -2.60. The molecule has 0 spiro atoms. The number of aliphatic hydroxyl groups is 1. The highest BCUT2D eigenvalue weighted by atomic mass is 16.3. The molecule has 0 amide bonds. The Kier molecular flexibility index (Phi) is 2.53. The number of anilines is 1. The zero-order valence-electron chi connectivity index (χ0n) is 12.3. The summed E-state index contributed by atoms with van der Waals surface area (Å²) in [6, 6.07) is 9.21. The van der Waals surface area contributed by atoms with Crippen molar-refractivity contribution in [2.75, 3.05) is 18.0 Å². The SMILES string of the molecule is O[C@H]1C[C@@H]2CCCN3CCC4=C([C@@H]23)N1c1ccccc1C4. The van der Waals surface area contributed by atoms with E-state index in [-0.39, 0.29) is 6.23 Å². The summed E-state index contributed by atoms with van der Waals surface area (Å²) in [6.07, 6.45) is 5.43. The minimum absolute atomic E-state index is 0.337. The van der Waals surface area contributed by atoms with Crippen LogP contribution in [0.1, 0.15) is 31.2 Å². The van der Waals surface area contributed by atoms with E-state index in [0.29, 0.717) is 12.0 Å². The van der Waals surface area contributed by atoms with E-state index in [4.69, 9.17) is 0 Å². The lowest BCUT2D eigenvalue weighted by Gasteiger charge is -2.56. The van der Waals surface area contributed by atoms with Crippen LogP contribution < -0.4 is 4.90 Å². The molecule has 4 aliphatic rings. The van der Waals surface area contributed by atoms with Crippen molar-refractivity contribution in [3.05, 3.63) is 41.1 Å². The first-order valence-corrected chi connectivity index (χ1v) is 8.34. The van der Waals surface area contributed by atoms with Crippen LogP contribution in [-0.4, -0.2) is 35.4 Å². The van der Waals surface area contributed by atoms with Crippen LogP contribution in [-0.2, 0) is 6.42 Å². The first kappa shape index (κ1) is 12.2. The van der Waals surface area contributed by atoms with Crippen molar-refractivity contribution in [3.8, 4) is 0 Å². The van der Waals surface area contributed by atoms with E-state index in [1.54, 1.807) is 5.57 Å². The van der Waals surface area contributed by atoms with Crippen molar-refractivity contribution >= 4 is 5.69 Å². The smallest absolute Gasteiger partial charge is 0.131 e. The predicted octanol–water partition coefficient (Wildman–Crippen LogP) is 2.51. The molecule has 3 atom stereocenters. The Bertz CT molecular complexity index is 623. The highest BCUT2D eigenvalue weighted by Crippen LogP contribution is 2.48. The molecule has 3 heteroatoms. The van der Waals surface area contributed by atoms with Crippen LogP contribution in [0.4, 0.5) is 5.69 Å². The molecular formula is C18H22N2O. The summed E-state index contributed by atoms with van der Waals surface area (Å²) >= 11 is 0. The van der Waals surface area contributed by atoms with E-state index in [2.05, 4.69) is 34.1 Å². The maximum Gasteiger partial charge on any atom is 0.131 e. The van der Waals surface area contributed by atoms with E-state index < -0.39 is 0 Å². The minimum Gasteiger partial charge on any atom is -0.373 e. The molecule has 3 nitrogen and oxygen atoms in total. The lowest BCUT2D eigenvalue weighted by molar-refractivity contribution is 0.0311. The Balaban J connectivity index is 1.69. The topological polar surface area (TPSA) is 26.7 Å². The van der Waals surface area contributed by atoms with Crippen LogP contribution in [0.15, 0.2) is 35.5 Å². The van der Waals surface area contributed by atoms with Gasteiger partial charge in [-0.1, -0.05) is 18.2 Å². The zero-order valence-corrected chi connectivity index (χ0v) is 12.3. The van der Waals surface area contributed by atoms with E-state index in [9.17, 15) is 5.11 Å². The van der Waals surface area contributed by atoms with Crippen LogP contribution in [0, 0.1) is 5.92 Å². The summed E-state index contributed by atoms with van der Waals surface area (Å²) in [5.41, 5.74) is 5.68. The van der Waals surface area contributed by atoms with Gasteiger partial charge in [0.1, 0.15) is 6.23 Å². The Morgan fingerprint density at radius 2 is 2.05 bits per heavy atom. The molecule has 0 radical (unpaired) electrons. The van der Waals surface area contributed by atoms with Gasteiger partial charge in [0, 0.05) is 17.9 Å². The molecule has 1 aromatic rings. The summed E-state index contributed by atoms with van der Waals surface area (Å²) in [5.74, 6) is 0.653. The van der Waals surface area contributed by atoms with E-state index >= 15 is 0 Å². The van der Waals surface area contributed by atoms with E-state index in [0.717, 1.165) is 12.8 Å². The largest absolute Gasteiger partial charge is 0.373 e. The molecule has 2 fully saturated rings. The van der Waals surface area contributed by atoms with Crippen LogP contribution in [0.3, 0.4) is 0 Å². The predicted molar refractivity (Wildman–Crippen MR) is 83.0 cm³/mol. The van der Waals surface area contributed by atoms with Crippen molar-refractivity contribution < 1.29 is 5.11 Å². The summed E-state index contributed by atoms with van der Waals surface area (Å²) in [4.78, 5) is 4.95. The van der Waals surface area contributed by atoms with Gasteiger partial charge >= 0.3 is 0 Å². The quantitative estimate of drug-likeness (QED) is 0.792. The zero-order chi connectivity index (χ0) is 14.0. The maximum atomic E-state index is 10.8. The number of nitrogens with zero attached hydrogens (tertiary/aromatic N) is 2. The number of hydrogen-bond donors (Lipinski definition) is 1. The third-order valence-electron chi connectivity index (χ3n) is 5.93. The molecule has 1 N–H and O–H groups in total. The monoisotopic (exact) mass is 282 g/mol. The molecule has 0 aromatic heterocycles. The second-order valence-electron chi connectivity index (χ2n) is 7.01. The lowest BCUT2D eigenvalue weighted by atomic mass is 9.74. The molecule has 4 aliphatic heterocycles. The third-order valence-corrected chi connectivity index (χ3v) is 5.93. The van der Waals surface area contributed by atoms with Crippen molar-refractivity contribution in [2.45, 2.75) is 44.4 Å². The number of para-hydroxylation sites is 1. The fourth-order valence-corrected chi connectivity index (χ4v) is 5.11. The molecule has 0 unspecified atom stereocenters. The molecule has 110 valence electrons. The molecule has 5 rings (SSSR count). The van der Waals surface area contributed by atoms with Gasteiger partial charge in [-0.15, -0.1) is 0 Å². The molecular weight excluding hydrogens is 260 g/mol. The number of fused-ring (bicyclic) bond motifs is 2. The highest BCUT2D eigenvalue weighted by molar-refractivity contribution is 5.65. The minimum atomic E-state index is -0.337. The first-order valence-electron chi connectivity index (χ1n) is 8.34. The van der Waals surface area contributed by atoms with Gasteiger partial charge in [0.25, 0.3) is 0 Å². The van der Waals surface area contributed by atoms with Gasteiger partial charge in [0.2, 0.25) is 0 Å². The van der Waals surface area contributed by atoms with Crippen LogP contribution in [0.5, 0.6) is 0 Å². The van der Waals surface area contributed by atoms with E-state index in [1.807, 2.05) is 0 Å². The highest BCUT2D eigenvalue weighted by Gasteiger charge is 2.47. The fourth-order valence-electron chi connectivity index (χ4n) is 5.11. The number of piperidine rings is 2. The van der Waals surface area contributed by atoms with Crippen molar-refractivity contribution in [1.29, 1.82) is 0 Å². The summed E-state index contributed by atoms with van der Waals surface area (Å²) < 4.78 is 0. The molecule has 0 saturated carbocycles. The summed E-state index contributed by atoms with van der Waals surface area (Å²) in [7, 11) is 0. The van der Waals surface area contributed by atoms with Gasteiger partial charge in [-0.2, -0.15) is 0 Å². The second-order valence-corrected chi connectivity index (χ2v) is 7.01. The first-order chi connectivity index (χ1) is 10.3. The molecule has 0 aliphatic carbocycles. The van der Waals surface area contributed by atoms with Crippen LogP contribution >= 0.6 is 0 Å². The van der Waals surface area contributed by atoms with Gasteiger partial charge < -0.3 is 10.0 Å². The average molecular weight is 282 g/mol. The maximum absolute atomic E-state index is 10.8. The van der Waals surface area contributed by atoms with Crippen LogP contribution in [0.25, 0.3) is 0 Å². The number of benzene rings is 1. The van der Waals surface area contributed by atoms with Crippen molar-refractivity contribution in [2.24, 2.45) is 5.92 Å². The average Bonchev–Trinajstić information content (AvgIpc) is 2.52. The Hall–Kier alpha value is -1.32. The number of aliphatic hydroxyl groups excluding tert-OH is 1. The van der Waals surface area contributed by atoms with Gasteiger partial charge in [0.05, 0.1) is 6.04 Å². The molecule has 1 aromatic carbocycles. The van der Waals surface area contributed by atoms with Crippen molar-refractivity contribution in [1.82, 2.24) is 4.90 Å². The van der Waals surface area contributed by atoms with Gasteiger partial charge in [-0.05, 0) is 61.8 Å². The number of rotatable bonds is 0. The molecule has 0 bridgehead atoms. The normalized spacial score (nSPS) is 34.5. The Labute approximate surface area is 125 Å². The fraction of sp³-hybridized carbons (Fsp3) is 0.556. The third kappa shape index (κ3) is 1.62. The van der Waals surface area contributed by atoms with Crippen molar-refractivity contribution in [3.63, 3.8) is 0 Å². The van der Waals surface area contributed by atoms with Crippen LogP contribution in [0.2, 0.25) is 0 Å². The Morgan fingerprint density at radius 1 is 1.14 bits per heavy atom. The van der Waals surface area contributed by atoms with E-state index in [1.165, 1.54) is 49.3 Å². The summed E-state index contributed by atoms with van der Waals surface area (Å²) in [5, 5.41) is 10.8. The molecule has 21 heavy (non-hydrogen) atoms. The summed E-state index contributed by atoms with van der Waals surface area (Å²) in [6.45, 7) is 2.45. The Morgan fingerprint density at radius 3 is 3.00 bits per heavy atom. The second kappa shape index (κ2) is 4.34. The number of hydrogen-bond acceptors (Lipinski definition) is 3. The van der Waals surface area contributed by atoms with Gasteiger partial charge in [0.15, 0.2) is 0 Å². The molecule has 4 heterocycles. The standard InChI is InChI=1S/C18H22N2O/c21-16-11-13-5-3-8-19-9-7-14-10-12-4-1-2-6-15(12)20(16)18(14)17(13)19/h1-2,4,6,13,16-17,21H,3,5,7-11H2/t13-,16-,17+/m0/s1. The van der Waals surface area contributed by atoms with Gasteiger partial charge in [-0.25, -0.2) is 0 Å². The van der Waals surface area contributed by atoms with Gasteiger partial charge in [-0.3, -0.25) is 4.90 Å². The molecule has 2 saturated heterocycles.